The fourth-order valence-corrected chi connectivity index (χ4v) is 3.82. The molecule has 4 rings (SSSR count). The topological polar surface area (TPSA) is 53.5 Å². The van der Waals surface area contributed by atoms with Crippen LogP contribution < -0.4 is 10.2 Å². The molecule has 2 saturated heterocycles. The van der Waals surface area contributed by atoms with Gasteiger partial charge in [0.15, 0.2) is 0 Å². The molecule has 1 atom stereocenters. The van der Waals surface area contributed by atoms with Crippen LogP contribution in [0.4, 0.5) is 11.6 Å². The Morgan fingerprint density at radius 2 is 1.85 bits per heavy atom. The predicted octanol–water partition coefficient (Wildman–Crippen LogP) is 2.78. The first-order chi connectivity index (χ1) is 13.4. The molecule has 0 radical (unpaired) electrons. The van der Waals surface area contributed by atoms with Crippen LogP contribution in [0.5, 0.6) is 0 Å². The minimum atomic E-state index is 0.304. The number of anilines is 2. The zero-order chi connectivity index (χ0) is 18.3. The average molecular weight is 367 g/mol. The van der Waals surface area contributed by atoms with Crippen LogP contribution in [0.1, 0.15) is 24.8 Å². The summed E-state index contributed by atoms with van der Waals surface area (Å²) in [5, 5.41) is 3.28. The van der Waals surface area contributed by atoms with E-state index in [0.29, 0.717) is 12.1 Å². The summed E-state index contributed by atoms with van der Waals surface area (Å²) in [6.07, 6.45) is 7.66. The van der Waals surface area contributed by atoms with Gasteiger partial charge < -0.3 is 15.0 Å². The van der Waals surface area contributed by atoms with E-state index in [2.05, 4.69) is 55.4 Å². The van der Waals surface area contributed by atoms with Crippen molar-refractivity contribution in [3.63, 3.8) is 0 Å². The molecular formula is C21H29N5O. The normalized spacial score (nSPS) is 21.2. The number of rotatable bonds is 6. The smallest absolute Gasteiger partial charge is 0.222 e. The van der Waals surface area contributed by atoms with Crippen LogP contribution in [0.15, 0.2) is 42.7 Å². The number of aromatic nitrogens is 2. The van der Waals surface area contributed by atoms with Crippen molar-refractivity contribution < 1.29 is 4.74 Å². The van der Waals surface area contributed by atoms with Crippen LogP contribution >= 0.6 is 0 Å². The molecule has 2 fully saturated rings. The van der Waals surface area contributed by atoms with Gasteiger partial charge in [-0.15, -0.1) is 0 Å². The van der Waals surface area contributed by atoms with E-state index in [1.54, 1.807) is 0 Å². The molecule has 3 heterocycles. The summed E-state index contributed by atoms with van der Waals surface area (Å²) in [6.45, 7) is 6.93. The number of benzene rings is 1. The van der Waals surface area contributed by atoms with E-state index in [1.165, 1.54) is 17.7 Å². The first kappa shape index (κ1) is 18.2. The van der Waals surface area contributed by atoms with E-state index in [0.717, 1.165) is 58.7 Å². The molecule has 6 heteroatoms. The zero-order valence-electron chi connectivity index (χ0n) is 15.9. The molecule has 0 saturated carbocycles. The number of para-hydroxylation sites is 1. The largest absolute Gasteiger partial charge is 0.376 e. The maximum Gasteiger partial charge on any atom is 0.222 e. The molecule has 2 aliphatic heterocycles. The molecule has 0 unspecified atom stereocenters. The number of ether oxygens (including phenoxy) is 1. The maximum atomic E-state index is 5.62. The minimum absolute atomic E-state index is 0.304. The van der Waals surface area contributed by atoms with Gasteiger partial charge in [0.2, 0.25) is 5.95 Å². The van der Waals surface area contributed by atoms with E-state index in [-0.39, 0.29) is 0 Å². The lowest BCUT2D eigenvalue weighted by molar-refractivity contribution is 0.120. The van der Waals surface area contributed by atoms with Crippen molar-refractivity contribution in [3.8, 4) is 0 Å². The lowest BCUT2D eigenvalue weighted by Gasteiger charge is -2.23. The first-order valence-electron chi connectivity index (χ1n) is 10.1. The third-order valence-corrected chi connectivity index (χ3v) is 5.33. The Kier molecular flexibility index (Phi) is 6.17. The van der Waals surface area contributed by atoms with E-state index in [9.17, 15) is 0 Å². The average Bonchev–Trinajstić information content (AvgIpc) is 3.13. The number of nitrogens with zero attached hydrogens (tertiary/aromatic N) is 4. The zero-order valence-corrected chi connectivity index (χ0v) is 15.9. The highest BCUT2D eigenvalue weighted by atomic mass is 16.5. The SMILES string of the molecule is c1ccc(N2CCCN(Cc3cnc(NC[C@H]4CCCO4)nc3)CC2)cc1. The molecule has 0 spiro atoms. The molecular weight excluding hydrogens is 338 g/mol. The quantitative estimate of drug-likeness (QED) is 0.847. The summed E-state index contributed by atoms with van der Waals surface area (Å²) in [5.41, 5.74) is 2.50. The van der Waals surface area contributed by atoms with Crippen LogP contribution in [-0.4, -0.2) is 60.3 Å². The lowest BCUT2D eigenvalue weighted by atomic mass is 10.2. The highest BCUT2D eigenvalue weighted by Crippen LogP contribution is 2.17. The highest BCUT2D eigenvalue weighted by molar-refractivity contribution is 5.46. The van der Waals surface area contributed by atoms with Gasteiger partial charge in [0.05, 0.1) is 6.10 Å². The van der Waals surface area contributed by atoms with Crippen molar-refractivity contribution in [2.45, 2.75) is 31.9 Å². The summed E-state index contributed by atoms with van der Waals surface area (Å²) >= 11 is 0. The Morgan fingerprint density at radius 3 is 2.63 bits per heavy atom. The van der Waals surface area contributed by atoms with Crippen molar-refractivity contribution >= 4 is 11.6 Å². The molecule has 0 aliphatic carbocycles. The van der Waals surface area contributed by atoms with Crippen LogP contribution in [0.2, 0.25) is 0 Å². The third kappa shape index (κ3) is 5.17. The Balaban J connectivity index is 1.26. The second-order valence-electron chi connectivity index (χ2n) is 7.38. The van der Waals surface area contributed by atoms with E-state index in [4.69, 9.17) is 4.74 Å². The predicted molar refractivity (Wildman–Crippen MR) is 108 cm³/mol. The van der Waals surface area contributed by atoms with Gasteiger partial charge in [-0.1, -0.05) is 18.2 Å². The summed E-state index contributed by atoms with van der Waals surface area (Å²) in [5.74, 6) is 0.695. The molecule has 144 valence electrons. The van der Waals surface area contributed by atoms with E-state index >= 15 is 0 Å². The van der Waals surface area contributed by atoms with Gasteiger partial charge in [0.25, 0.3) is 0 Å². The molecule has 2 aliphatic rings. The lowest BCUT2D eigenvalue weighted by Crippen LogP contribution is -2.30. The fraction of sp³-hybridized carbons (Fsp3) is 0.524. The number of nitrogens with one attached hydrogen (secondary N) is 1. The Morgan fingerprint density at radius 1 is 1.00 bits per heavy atom. The first-order valence-corrected chi connectivity index (χ1v) is 10.1. The van der Waals surface area contributed by atoms with Gasteiger partial charge in [0, 0.05) is 69.5 Å². The van der Waals surface area contributed by atoms with E-state index < -0.39 is 0 Å². The van der Waals surface area contributed by atoms with Crippen LogP contribution in [0.25, 0.3) is 0 Å². The fourth-order valence-electron chi connectivity index (χ4n) is 3.82. The van der Waals surface area contributed by atoms with Crippen molar-refractivity contribution in [1.82, 2.24) is 14.9 Å². The van der Waals surface area contributed by atoms with Crippen LogP contribution in [0.3, 0.4) is 0 Å². The Labute approximate surface area is 161 Å². The van der Waals surface area contributed by atoms with Crippen molar-refractivity contribution in [3.05, 3.63) is 48.3 Å². The van der Waals surface area contributed by atoms with Gasteiger partial charge in [-0.2, -0.15) is 0 Å². The van der Waals surface area contributed by atoms with Crippen molar-refractivity contribution in [2.75, 3.05) is 49.5 Å². The summed E-state index contributed by atoms with van der Waals surface area (Å²) in [7, 11) is 0. The molecule has 1 aromatic heterocycles. The summed E-state index contributed by atoms with van der Waals surface area (Å²) in [4.78, 5) is 13.9. The van der Waals surface area contributed by atoms with Gasteiger partial charge in [-0.05, 0) is 31.4 Å². The van der Waals surface area contributed by atoms with Gasteiger partial charge in [-0.3, -0.25) is 4.90 Å². The molecule has 1 N–H and O–H groups in total. The summed E-state index contributed by atoms with van der Waals surface area (Å²) < 4.78 is 5.62. The van der Waals surface area contributed by atoms with Crippen molar-refractivity contribution in [1.29, 1.82) is 0 Å². The van der Waals surface area contributed by atoms with E-state index in [1.807, 2.05) is 12.4 Å². The molecule has 1 aromatic carbocycles. The standard InChI is InChI=1S/C21H29N5O/c1-2-6-19(7-3-1)26-10-5-9-25(11-12-26)17-18-14-22-21(23-15-18)24-16-20-8-4-13-27-20/h1-3,6-7,14-15,20H,4-5,8-13,16-17H2,(H,22,23,24)/t20-/m1/s1. The molecule has 0 amide bonds. The maximum absolute atomic E-state index is 5.62. The molecule has 0 bridgehead atoms. The summed E-state index contributed by atoms with van der Waals surface area (Å²) in [6, 6.07) is 10.7. The van der Waals surface area contributed by atoms with Gasteiger partial charge in [0.1, 0.15) is 0 Å². The molecule has 6 nitrogen and oxygen atoms in total. The molecule has 2 aromatic rings. The van der Waals surface area contributed by atoms with Crippen LogP contribution in [0, 0.1) is 0 Å². The second-order valence-corrected chi connectivity index (χ2v) is 7.38. The van der Waals surface area contributed by atoms with Gasteiger partial charge in [-0.25, -0.2) is 9.97 Å². The van der Waals surface area contributed by atoms with Crippen molar-refractivity contribution in [2.24, 2.45) is 0 Å². The Hall–Kier alpha value is -2.18. The second kappa shape index (κ2) is 9.15. The minimum Gasteiger partial charge on any atom is -0.376 e. The van der Waals surface area contributed by atoms with Crippen LogP contribution in [-0.2, 0) is 11.3 Å². The highest BCUT2D eigenvalue weighted by Gasteiger charge is 2.17. The van der Waals surface area contributed by atoms with Gasteiger partial charge >= 0.3 is 0 Å². The monoisotopic (exact) mass is 367 g/mol. The number of hydrogen-bond acceptors (Lipinski definition) is 6. The Bertz CT molecular complexity index is 687. The molecule has 27 heavy (non-hydrogen) atoms. The number of hydrogen-bond donors (Lipinski definition) is 1. The third-order valence-electron chi connectivity index (χ3n) is 5.33.